The van der Waals surface area contributed by atoms with E-state index in [4.69, 9.17) is 0 Å². The van der Waals surface area contributed by atoms with Crippen LogP contribution in [0.25, 0.3) is 11.1 Å². The summed E-state index contributed by atoms with van der Waals surface area (Å²) in [7, 11) is 0. The van der Waals surface area contributed by atoms with Gasteiger partial charge in [-0.15, -0.1) is 0 Å². The molecule has 0 N–H and O–H groups in total. The van der Waals surface area contributed by atoms with Gasteiger partial charge >= 0.3 is 0 Å². The van der Waals surface area contributed by atoms with E-state index in [1.54, 1.807) is 0 Å². The van der Waals surface area contributed by atoms with Crippen LogP contribution in [0.15, 0.2) is 59.7 Å². The lowest BCUT2D eigenvalue weighted by Gasteiger charge is -2.19. The van der Waals surface area contributed by atoms with Crippen molar-refractivity contribution in [2.75, 3.05) is 0 Å². The van der Waals surface area contributed by atoms with Crippen molar-refractivity contribution in [3.8, 4) is 6.07 Å². The van der Waals surface area contributed by atoms with E-state index in [-0.39, 0.29) is 5.92 Å². The second-order valence-corrected chi connectivity index (χ2v) is 6.97. The zero-order valence-corrected chi connectivity index (χ0v) is 15.0. The number of fused-ring (bicyclic) bond motifs is 2. The Kier molecular flexibility index (Phi) is 4.06. The van der Waals surface area contributed by atoms with Crippen molar-refractivity contribution in [2.45, 2.75) is 39.5 Å². The molecule has 1 heteroatoms. The van der Waals surface area contributed by atoms with Crippen molar-refractivity contribution in [3.63, 3.8) is 0 Å². The van der Waals surface area contributed by atoms with Crippen LogP contribution in [-0.2, 0) is 12.8 Å². The van der Waals surface area contributed by atoms with Crippen molar-refractivity contribution in [2.24, 2.45) is 5.92 Å². The summed E-state index contributed by atoms with van der Waals surface area (Å²) in [5.41, 5.74) is 10.7. The van der Waals surface area contributed by atoms with Gasteiger partial charge in [0.1, 0.15) is 0 Å². The Morgan fingerprint density at radius 2 is 1.24 bits per heavy atom. The van der Waals surface area contributed by atoms with E-state index in [2.05, 4.69) is 68.4 Å². The molecule has 0 spiro atoms. The van der Waals surface area contributed by atoms with Gasteiger partial charge in [-0.1, -0.05) is 73.5 Å². The first-order valence-corrected chi connectivity index (χ1v) is 9.28. The largest absolute Gasteiger partial charge is 0.197 e. The fraction of sp³-hybridized carbons (Fsp3) is 0.292. The molecule has 0 bridgehead atoms. The van der Waals surface area contributed by atoms with Gasteiger partial charge in [-0.25, -0.2) is 0 Å². The Morgan fingerprint density at radius 3 is 1.64 bits per heavy atom. The lowest BCUT2D eigenvalue weighted by molar-refractivity contribution is 0.992. The van der Waals surface area contributed by atoms with Gasteiger partial charge < -0.3 is 0 Å². The Hall–Kier alpha value is -2.59. The van der Waals surface area contributed by atoms with Gasteiger partial charge in [-0.3, -0.25) is 0 Å². The minimum absolute atomic E-state index is 0.155. The van der Waals surface area contributed by atoms with Crippen LogP contribution in [-0.4, -0.2) is 0 Å². The van der Waals surface area contributed by atoms with E-state index >= 15 is 0 Å². The molecule has 1 nitrogen and oxygen atoms in total. The molecule has 25 heavy (non-hydrogen) atoms. The van der Waals surface area contributed by atoms with E-state index < -0.39 is 0 Å². The van der Waals surface area contributed by atoms with Gasteiger partial charge in [-0.2, -0.15) is 5.26 Å². The number of benzene rings is 2. The average Bonchev–Trinajstić information content (AvgIpc) is 3.21. The number of hydrogen-bond donors (Lipinski definition) is 0. The molecule has 0 unspecified atom stereocenters. The fourth-order valence-electron chi connectivity index (χ4n) is 4.53. The van der Waals surface area contributed by atoms with Gasteiger partial charge in [0.2, 0.25) is 0 Å². The van der Waals surface area contributed by atoms with Gasteiger partial charge in [0.25, 0.3) is 0 Å². The average molecular weight is 325 g/mol. The standard InChI is InChI=1S/C24H23N/c1-3-16-13-18-9-5-7-11-20(18)23(16)22(15-25)24-17(4-2)14-19-10-6-8-12-21(19)24/h5-12,22H,3-4,13-14H2,1-2H3. The highest BCUT2D eigenvalue weighted by Gasteiger charge is 2.33. The predicted octanol–water partition coefficient (Wildman–Crippen LogP) is 5.97. The molecule has 0 saturated carbocycles. The Bertz CT molecular complexity index is 865. The summed E-state index contributed by atoms with van der Waals surface area (Å²) >= 11 is 0. The molecular weight excluding hydrogens is 302 g/mol. The maximum absolute atomic E-state index is 10.2. The monoisotopic (exact) mass is 325 g/mol. The van der Waals surface area contributed by atoms with Crippen molar-refractivity contribution < 1.29 is 0 Å². The maximum Gasteiger partial charge on any atom is 0.0973 e. The molecule has 2 aromatic carbocycles. The molecule has 0 atom stereocenters. The number of rotatable bonds is 4. The molecule has 0 aliphatic heterocycles. The summed E-state index contributed by atoms with van der Waals surface area (Å²) in [4.78, 5) is 0. The summed E-state index contributed by atoms with van der Waals surface area (Å²) in [6.07, 6.45) is 4.02. The lowest BCUT2D eigenvalue weighted by Crippen LogP contribution is -2.06. The van der Waals surface area contributed by atoms with Gasteiger partial charge in [0.05, 0.1) is 12.0 Å². The zero-order valence-electron chi connectivity index (χ0n) is 15.0. The van der Waals surface area contributed by atoms with E-state index in [9.17, 15) is 5.26 Å². The van der Waals surface area contributed by atoms with E-state index in [1.165, 1.54) is 44.5 Å². The second-order valence-electron chi connectivity index (χ2n) is 6.97. The third kappa shape index (κ3) is 2.45. The molecule has 124 valence electrons. The Morgan fingerprint density at radius 1 is 0.800 bits per heavy atom. The number of hydrogen-bond acceptors (Lipinski definition) is 1. The molecule has 4 rings (SSSR count). The van der Waals surface area contributed by atoms with E-state index in [1.807, 2.05) is 0 Å². The van der Waals surface area contributed by atoms with Gasteiger partial charge in [0.15, 0.2) is 0 Å². The highest BCUT2D eigenvalue weighted by Crippen LogP contribution is 2.48. The van der Waals surface area contributed by atoms with Crippen molar-refractivity contribution in [1.82, 2.24) is 0 Å². The maximum atomic E-state index is 10.2. The van der Waals surface area contributed by atoms with Gasteiger partial charge in [-0.05, 0) is 59.1 Å². The molecule has 0 fully saturated rings. The molecule has 2 aromatic rings. The summed E-state index contributed by atoms with van der Waals surface area (Å²) in [6.45, 7) is 4.43. The Balaban J connectivity index is 1.90. The fourth-order valence-corrected chi connectivity index (χ4v) is 4.53. The Labute approximate surface area is 150 Å². The number of nitrogens with zero attached hydrogens (tertiary/aromatic N) is 1. The normalized spacial score (nSPS) is 15.6. The summed E-state index contributed by atoms with van der Waals surface area (Å²) in [6, 6.07) is 19.9. The first kappa shape index (κ1) is 15.9. The highest BCUT2D eigenvalue weighted by atomic mass is 14.4. The first-order chi connectivity index (χ1) is 12.3. The van der Waals surface area contributed by atoms with Crippen LogP contribution in [0.2, 0.25) is 0 Å². The van der Waals surface area contributed by atoms with E-state index in [0.717, 1.165) is 25.7 Å². The molecule has 0 amide bonds. The first-order valence-electron chi connectivity index (χ1n) is 9.28. The number of nitriles is 1. The molecule has 0 aromatic heterocycles. The predicted molar refractivity (Wildman–Crippen MR) is 104 cm³/mol. The second kappa shape index (κ2) is 6.37. The molecule has 2 aliphatic carbocycles. The minimum Gasteiger partial charge on any atom is -0.197 e. The quantitative estimate of drug-likeness (QED) is 0.679. The van der Waals surface area contributed by atoms with Crippen LogP contribution < -0.4 is 0 Å². The lowest BCUT2D eigenvalue weighted by atomic mass is 9.82. The smallest absolute Gasteiger partial charge is 0.0973 e. The van der Waals surface area contributed by atoms with Crippen molar-refractivity contribution in [1.29, 1.82) is 5.26 Å². The van der Waals surface area contributed by atoms with Gasteiger partial charge in [0, 0.05) is 0 Å². The zero-order chi connectivity index (χ0) is 17.4. The molecule has 2 aliphatic rings. The summed E-state index contributed by atoms with van der Waals surface area (Å²) in [5, 5.41) is 10.2. The van der Waals surface area contributed by atoms with Crippen molar-refractivity contribution in [3.05, 3.63) is 81.9 Å². The minimum atomic E-state index is -0.155. The van der Waals surface area contributed by atoms with Crippen LogP contribution in [0.3, 0.4) is 0 Å². The van der Waals surface area contributed by atoms with Crippen LogP contribution in [0.4, 0.5) is 0 Å². The summed E-state index contributed by atoms with van der Waals surface area (Å²) < 4.78 is 0. The third-order valence-corrected chi connectivity index (χ3v) is 5.74. The topological polar surface area (TPSA) is 23.8 Å². The molecule has 0 heterocycles. The highest BCUT2D eigenvalue weighted by molar-refractivity contribution is 5.92. The molecule has 0 saturated heterocycles. The summed E-state index contributed by atoms with van der Waals surface area (Å²) in [5.74, 6) is -0.155. The van der Waals surface area contributed by atoms with Crippen molar-refractivity contribution >= 4 is 11.1 Å². The van der Waals surface area contributed by atoms with Crippen LogP contribution in [0.5, 0.6) is 0 Å². The number of allylic oxidation sites excluding steroid dienone is 4. The van der Waals surface area contributed by atoms with Crippen LogP contribution in [0.1, 0.15) is 48.9 Å². The SMILES string of the molecule is CCC1=C(C(C#N)C2=C(CC)Cc3ccccc32)c2ccccc2C1. The molecular formula is C24H23N. The van der Waals surface area contributed by atoms with Crippen LogP contribution >= 0.6 is 0 Å². The molecule has 0 radical (unpaired) electrons. The van der Waals surface area contributed by atoms with Crippen LogP contribution in [0, 0.1) is 17.2 Å². The third-order valence-electron chi connectivity index (χ3n) is 5.74. The van der Waals surface area contributed by atoms with E-state index in [0.29, 0.717) is 0 Å².